The summed E-state index contributed by atoms with van der Waals surface area (Å²) in [4.78, 5) is 11.4. The van der Waals surface area contributed by atoms with Gasteiger partial charge in [-0.1, -0.05) is 32.6 Å². The summed E-state index contributed by atoms with van der Waals surface area (Å²) in [5.41, 5.74) is 0. The summed E-state index contributed by atoms with van der Waals surface area (Å²) in [6, 6.07) is 0. The predicted molar refractivity (Wildman–Crippen MR) is 78.4 cm³/mol. The normalized spacial score (nSPS) is 25.2. The average Bonchev–Trinajstić information content (AvgIpc) is 2.67. The van der Waals surface area contributed by atoms with Crippen molar-refractivity contribution in [3.63, 3.8) is 0 Å². The van der Waals surface area contributed by atoms with E-state index in [-0.39, 0.29) is 18.2 Å². The summed E-state index contributed by atoms with van der Waals surface area (Å²) < 4.78 is 16.6. The Labute approximate surface area is 122 Å². The van der Waals surface area contributed by atoms with Crippen molar-refractivity contribution in [3.05, 3.63) is 12.2 Å². The van der Waals surface area contributed by atoms with Gasteiger partial charge in [0, 0.05) is 6.08 Å². The first-order valence-corrected chi connectivity index (χ1v) is 7.69. The van der Waals surface area contributed by atoms with Crippen LogP contribution in [-0.4, -0.2) is 30.6 Å². The monoisotopic (exact) mass is 284 g/mol. The lowest BCUT2D eigenvalue weighted by Gasteiger charge is -2.16. The van der Waals surface area contributed by atoms with Crippen LogP contribution in [0.5, 0.6) is 0 Å². The molecule has 0 spiro atoms. The molecule has 0 unspecified atom stereocenters. The fourth-order valence-corrected chi connectivity index (χ4v) is 2.39. The minimum absolute atomic E-state index is 0.0209. The first-order chi connectivity index (χ1) is 9.48. The average molecular weight is 284 g/mol. The van der Waals surface area contributed by atoms with Gasteiger partial charge in [0.1, 0.15) is 6.10 Å². The molecule has 20 heavy (non-hydrogen) atoms. The van der Waals surface area contributed by atoms with E-state index in [4.69, 9.17) is 14.2 Å². The van der Waals surface area contributed by atoms with E-state index < -0.39 is 5.79 Å². The molecule has 0 aromatic heterocycles. The molecule has 116 valence electrons. The summed E-state index contributed by atoms with van der Waals surface area (Å²) in [6.45, 7) is 8.19. The van der Waals surface area contributed by atoms with Crippen LogP contribution in [0.3, 0.4) is 0 Å². The van der Waals surface area contributed by atoms with Crippen LogP contribution in [0.25, 0.3) is 0 Å². The number of carbonyl (C=O) groups is 1. The first kappa shape index (κ1) is 17.2. The quantitative estimate of drug-likeness (QED) is 0.388. The minimum atomic E-state index is -0.584. The van der Waals surface area contributed by atoms with Gasteiger partial charge in [-0.3, -0.25) is 0 Å². The smallest absolute Gasteiger partial charge is 0.330 e. The van der Waals surface area contributed by atoms with Crippen molar-refractivity contribution in [2.24, 2.45) is 0 Å². The maximum absolute atomic E-state index is 11.4. The van der Waals surface area contributed by atoms with Crippen molar-refractivity contribution in [1.82, 2.24) is 0 Å². The Hall–Kier alpha value is -0.870. The molecule has 0 aromatic rings. The number of carbonyl (C=O) groups excluding carboxylic acids is 1. The highest BCUT2D eigenvalue weighted by Gasteiger charge is 2.39. The molecule has 0 aliphatic carbocycles. The van der Waals surface area contributed by atoms with E-state index in [1.807, 2.05) is 13.8 Å². The van der Waals surface area contributed by atoms with Gasteiger partial charge in [0.25, 0.3) is 0 Å². The van der Waals surface area contributed by atoms with Gasteiger partial charge in [-0.2, -0.15) is 0 Å². The van der Waals surface area contributed by atoms with Crippen molar-refractivity contribution in [2.45, 2.75) is 77.8 Å². The number of rotatable bonds is 8. The van der Waals surface area contributed by atoms with Crippen LogP contribution in [0.1, 0.15) is 59.8 Å². The molecule has 4 nitrogen and oxygen atoms in total. The molecular weight excluding hydrogens is 256 g/mol. The Kier molecular flexibility index (Phi) is 7.24. The van der Waals surface area contributed by atoms with E-state index in [9.17, 15) is 4.79 Å². The second-order valence-electron chi connectivity index (χ2n) is 5.60. The minimum Gasteiger partial charge on any atom is -0.463 e. The lowest BCUT2D eigenvalue weighted by atomic mass is 10.0. The Morgan fingerprint density at radius 3 is 2.60 bits per heavy atom. The fourth-order valence-electron chi connectivity index (χ4n) is 2.39. The summed E-state index contributed by atoms with van der Waals surface area (Å²) in [5.74, 6) is -0.912. The Morgan fingerprint density at radius 1 is 1.20 bits per heavy atom. The van der Waals surface area contributed by atoms with Gasteiger partial charge in [-0.05, 0) is 33.3 Å². The maximum Gasteiger partial charge on any atom is 0.330 e. The Balaban J connectivity index is 2.49. The second kappa shape index (κ2) is 8.42. The van der Waals surface area contributed by atoms with Crippen LogP contribution in [-0.2, 0) is 19.0 Å². The molecule has 0 saturated carbocycles. The van der Waals surface area contributed by atoms with Gasteiger partial charge in [-0.25, -0.2) is 4.79 Å². The third-order valence-corrected chi connectivity index (χ3v) is 3.27. The molecule has 2 atom stereocenters. The van der Waals surface area contributed by atoms with Crippen LogP contribution in [0.4, 0.5) is 0 Å². The maximum atomic E-state index is 11.4. The van der Waals surface area contributed by atoms with Crippen molar-refractivity contribution in [1.29, 1.82) is 0 Å². The zero-order valence-electron chi connectivity index (χ0n) is 13.2. The Bertz CT molecular complexity index is 322. The number of hydrogen-bond acceptors (Lipinski definition) is 4. The fraction of sp³-hybridized carbons (Fsp3) is 0.812. The molecule has 0 radical (unpaired) electrons. The summed E-state index contributed by atoms with van der Waals surface area (Å²) in [5, 5.41) is 0. The number of hydrogen-bond donors (Lipinski definition) is 0. The van der Waals surface area contributed by atoms with Gasteiger partial charge >= 0.3 is 5.97 Å². The van der Waals surface area contributed by atoms with Crippen molar-refractivity contribution in [2.75, 3.05) is 6.61 Å². The standard InChI is InChI=1S/C16H28O4/c1-5-7-8-9-10-13-14(20-16(3,4)19-13)11-12-15(17)18-6-2/h11-14H,5-10H2,1-4H3/b12-11+/t13-,14-/m1/s1. The summed E-state index contributed by atoms with van der Waals surface area (Å²) in [6.07, 6.45) is 8.83. The lowest BCUT2D eigenvalue weighted by Crippen LogP contribution is -2.21. The SMILES string of the molecule is CCCCCC[C@H]1OC(C)(C)O[C@@H]1/C=C/C(=O)OCC. The molecule has 1 aliphatic heterocycles. The third kappa shape index (κ3) is 6.06. The van der Waals surface area contributed by atoms with Crippen molar-refractivity contribution in [3.8, 4) is 0 Å². The molecule has 1 fully saturated rings. The molecule has 1 heterocycles. The highest BCUT2D eigenvalue weighted by atomic mass is 16.7. The zero-order chi connectivity index (χ0) is 15.0. The Morgan fingerprint density at radius 2 is 1.95 bits per heavy atom. The topological polar surface area (TPSA) is 44.8 Å². The van der Waals surface area contributed by atoms with E-state index in [0.717, 1.165) is 12.8 Å². The number of esters is 1. The van der Waals surface area contributed by atoms with Gasteiger partial charge in [-0.15, -0.1) is 0 Å². The van der Waals surface area contributed by atoms with Crippen LogP contribution < -0.4 is 0 Å². The van der Waals surface area contributed by atoms with E-state index >= 15 is 0 Å². The molecule has 0 aromatic carbocycles. The van der Waals surface area contributed by atoms with Crippen molar-refractivity contribution >= 4 is 5.97 Å². The van der Waals surface area contributed by atoms with Crippen LogP contribution in [0.2, 0.25) is 0 Å². The van der Waals surface area contributed by atoms with E-state index in [0.29, 0.717) is 6.61 Å². The zero-order valence-corrected chi connectivity index (χ0v) is 13.2. The molecule has 1 rings (SSSR count). The number of unbranched alkanes of at least 4 members (excludes halogenated alkanes) is 3. The molecule has 1 aliphatic rings. The molecule has 0 amide bonds. The first-order valence-electron chi connectivity index (χ1n) is 7.69. The van der Waals surface area contributed by atoms with Gasteiger partial charge in [0.15, 0.2) is 5.79 Å². The highest BCUT2D eigenvalue weighted by molar-refractivity contribution is 5.81. The van der Waals surface area contributed by atoms with E-state index in [1.54, 1.807) is 13.0 Å². The highest BCUT2D eigenvalue weighted by Crippen LogP contribution is 2.31. The van der Waals surface area contributed by atoms with Crippen LogP contribution >= 0.6 is 0 Å². The van der Waals surface area contributed by atoms with E-state index in [2.05, 4.69) is 6.92 Å². The second-order valence-corrected chi connectivity index (χ2v) is 5.60. The van der Waals surface area contributed by atoms with Gasteiger partial charge < -0.3 is 14.2 Å². The summed E-state index contributed by atoms with van der Waals surface area (Å²) >= 11 is 0. The molecule has 0 N–H and O–H groups in total. The van der Waals surface area contributed by atoms with Gasteiger partial charge in [0.2, 0.25) is 0 Å². The molecule has 4 heteroatoms. The van der Waals surface area contributed by atoms with Crippen LogP contribution in [0, 0.1) is 0 Å². The van der Waals surface area contributed by atoms with Crippen LogP contribution in [0.15, 0.2) is 12.2 Å². The van der Waals surface area contributed by atoms with Gasteiger partial charge in [0.05, 0.1) is 12.7 Å². The summed E-state index contributed by atoms with van der Waals surface area (Å²) in [7, 11) is 0. The third-order valence-electron chi connectivity index (χ3n) is 3.27. The molecule has 0 bridgehead atoms. The van der Waals surface area contributed by atoms with E-state index in [1.165, 1.54) is 25.3 Å². The molecule has 1 saturated heterocycles. The van der Waals surface area contributed by atoms with Crippen molar-refractivity contribution < 1.29 is 19.0 Å². The lowest BCUT2D eigenvalue weighted by molar-refractivity contribution is -0.144. The largest absolute Gasteiger partial charge is 0.463 e. The molecular formula is C16H28O4. The number of ether oxygens (including phenoxy) is 3. The predicted octanol–water partition coefficient (Wildman–Crippen LogP) is 3.60.